The van der Waals surface area contributed by atoms with Crippen LogP contribution in [0.2, 0.25) is 0 Å². The van der Waals surface area contributed by atoms with E-state index in [9.17, 15) is 33.0 Å². The Bertz CT molecular complexity index is 994. The van der Waals surface area contributed by atoms with E-state index >= 15 is 0 Å². The molecule has 0 bridgehead atoms. The number of hydrogen-bond acceptors (Lipinski definition) is 7. The monoisotopic (exact) mass is 396 g/mol. The number of phenolic OH excluding ortho intramolecular Hbond substituents is 2. The molecule has 0 heterocycles. The van der Waals surface area contributed by atoms with Crippen molar-refractivity contribution in [1.82, 2.24) is 5.32 Å². The summed E-state index contributed by atoms with van der Waals surface area (Å²) >= 11 is 0. The highest BCUT2D eigenvalue weighted by atomic mass is 19.2. The van der Waals surface area contributed by atoms with E-state index < -0.39 is 68.5 Å². The summed E-state index contributed by atoms with van der Waals surface area (Å²) in [6.07, 6.45) is 0. The van der Waals surface area contributed by atoms with Crippen LogP contribution < -0.4 is 10.6 Å². The maximum Gasteiger partial charge on any atom is 0.201 e. The fraction of sp³-hybridized carbons (Fsp3) is 0.222. The molecule has 148 valence electrons. The van der Waals surface area contributed by atoms with E-state index in [1.807, 2.05) is 0 Å². The van der Waals surface area contributed by atoms with E-state index in [4.69, 9.17) is 5.11 Å². The minimum Gasteiger partial charge on any atom is -0.507 e. The summed E-state index contributed by atoms with van der Waals surface area (Å²) in [7, 11) is 0. The largest absolute Gasteiger partial charge is 0.507 e. The van der Waals surface area contributed by atoms with Gasteiger partial charge in [0.15, 0.2) is 17.5 Å². The number of ketones is 2. The van der Waals surface area contributed by atoms with Crippen molar-refractivity contribution in [1.29, 1.82) is 0 Å². The third kappa shape index (κ3) is 2.96. The average molecular weight is 396 g/mol. The van der Waals surface area contributed by atoms with Crippen molar-refractivity contribution in [2.24, 2.45) is 0 Å². The quantitative estimate of drug-likeness (QED) is 0.242. The van der Waals surface area contributed by atoms with E-state index in [-0.39, 0.29) is 26.2 Å². The second-order valence-corrected chi connectivity index (χ2v) is 5.98. The molecule has 0 aromatic heterocycles. The van der Waals surface area contributed by atoms with Gasteiger partial charge in [0.1, 0.15) is 11.5 Å². The molecule has 28 heavy (non-hydrogen) atoms. The van der Waals surface area contributed by atoms with Gasteiger partial charge < -0.3 is 26.0 Å². The number of carbonyl (C=O) groups excluding carboxylic acids is 2. The van der Waals surface area contributed by atoms with Crippen LogP contribution in [0, 0.1) is 17.5 Å². The van der Waals surface area contributed by atoms with Gasteiger partial charge in [-0.25, -0.2) is 13.2 Å². The minimum absolute atomic E-state index is 0.0468. The molecule has 10 heteroatoms. The van der Waals surface area contributed by atoms with Gasteiger partial charge in [-0.1, -0.05) is 0 Å². The third-order valence-electron chi connectivity index (χ3n) is 4.29. The van der Waals surface area contributed by atoms with Crippen LogP contribution in [0.5, 0.6) is 11.5 Å². The normalized spacial score (nSPS) is 12.7. The van der Waals surface area contributed by atoms with Gasteiger partial charge >= 0.3 is 0 Å². The van der Waals surface area contributed by atoms with Gasteiger partial charge in [0.05, 0.1) is 34.5 Å². The lowest BCUT2D eigenvalue weighted by molar-refractivity contribution is 0.0969. The molecule has 0 radical (unpaired) electrons. The number of aromatic hydroxyl groups is 2. The van der Waals surface area contributed by atoms with E-state index in [0.29, 0.717) is 0 Å². The topological polar surface area (TPSA) is 119 Å². The van der Waals surface area contributed by atoms with Gasteiger partial charge in [0.2, 0.25) is 11.6 Å². The zero-order valence-corrected chi connectivity index (χ0v) is 14.3. The average Bonchev–Trinajstić information content (AvgIpc) is 2.67. The molecular weight excluding hydrogens is 381 g/mol. The number of nitrogens with one attached hydrogen (secondary N) is 2. The molecule has 0 aliphatic heterocycles. The standard InChI is InChI=1S/C18H15F3N2O5/c19-13-11-12(16(15(21)14(13)20)23-4-3-22-5-6-24)18(28)10-8(26)2-1-7(25)9(10)17(11)27/h1-2,22-26H,3-6H2. The van der Waals surface area contributed by atoms with Gasteiger partial charge in [-0.2, -0.15) is 0 Å². The van der Waals surface area contributed by atoms with Crippen LogP contribution in [0.1, 0.15) is 31.8 Å². The second kappa shape index (κ2) is 7.49. The number of anilines is 1. The summed E-state index contributed by atoms with van der Waals surface area (Å²) in [5.74, 6) is -9.27. The van der Waals surface area contributed by atoms with Crippen molar-refractivity contribution in [2.45, 2.75) is 0 Å². The first-order chi connectivity index (χ1) is 13.3. The molecule has 0 saturated heterocycles. The van der Waals surface area contributed by atoms with Crippen LogP contribution in [0.3, 0.4) is 0 Å². The van der Waals surface area contributed by atoms with Crippen molar-refractivity contribution in [3.8, 4) is 11.5 Å². The van der Waals surface area contributed by atoms with E-state index in [1.54, 1.807) is 0 Å². The molecule has 0 unspecified atom stereocenters. The highest BCUT2D eigenvalue weighted by molar-refractivity contribution is 6.32. The highest BCUT2D eigenvalue weighted by Gasteiger charge is 2.41. The molecule has 3 rings (SSSR count). The third-order valence-corrected chi connectivity index (χ3v) is 4.29. The van der Waals surface area contributed by atoms with Crippen LogP contribution in [-0.4, -0.2) is 53.1 Å². The minimum atomic E-state index is -1.95. The Morgan fingerprint density at radius 2 is 1.32 bits per heavy atom. The van der Waals surface area contributed by atoms with Crippen molar-refractivity contribution in [3.63, 3.8) is 0 Å². The summed E-state index contributed by atoms with van der Waals surface area (Å²) in [4.78, 5) is 25.5. The van der Waals surface area contributed by atoms with E-state index in [2.05, 4.69) is 10.6 Å². The predicted octanol–water partition coefficient (Wildman–Crippen LogP) is 1.28. The Balaban J connectivity index is 2.16. The van der Waals surface area contributed by atoms with Crippen LogP contribution in [-0.2, 0) is 0 Å². The van der Waals surface area contributed by atoms with Crippen molar-refractivity contribution >= 4 is 17.3 Å². The maximum absolute atomic E-state index is 14.4. The van der Waals surface area contributed by atoms with Crippen LogP contribution >= 0.6 is 0 Å². The Kier molecular flexibility index (Phi) is 5.25. The van der Waals surface area contributed by atoms with Crippen LogP contribution in [0.4, 0.5) is 18.9 Å². The smallest absolute Gasteiger partial charge is 0.201 e. The molecule has 0 fully saturated rings. The predicted molar refractivity (Wildman–Crippen MR) is 91.4 cm³/mol. The lowest BCUT2D eigenvalue weighted by Gasteiger charge is -2.23. The molecule has 0 amide bonds. The van der Waals surface area contributed by atoms with E-state index in [1.165, 1.54) is 0 Å². The summed E-state index contributed by atoms with van der Waals surface area (Å²) in [5.41, 5.74) is -3.83. The number of aliphatic hydroxyl groups is 1. The number of benzene rings is 2. The summed E-state index contributed by atoms with van der Waals surface area (Å²) in [6, 6.07) is 1.88. The SMILES string of the molecule is O=C1c2c(O)ccc(O)c2C(=O)c2c(NCCNCCO)c(F)c(F)c(F)c21. The van der Waals surface area contributed by atoms with Crippen molar-refractivity contribution in [3.05, 3.63) is 51.8 Å². The number of hydrogen-bond donors (Lipinski definition) is 5. The molecule has 0 saturated carbocycles. The highest BCUT2D eigenvalue weighted by Crippen LogP contribution is 2.42. The Hall–Kier alpha value is -3.11. The Labute approximate surface area is 156 Å². The first-order valence-electron chi connectivity index (χ1n) is 8.21. The lowest BCUT2D eigenvalue weighted by Crippen LogP contribution is -2.29. The number of fused-ring (bicyclic) bond motifs is 2. The first kappa shape index (κ1) is 19.6. The zero-order chi connectivity index (χ0) is 20.6. The molecule has 2 aromatic rings. The summed E-state index contributed by atoms with van der Waals surface area (Å²) in [6.45, 7) is 0.215. The molecule has 0 spiro atoms. The number of rotatable bonds is 6. The molecule has 1 aliphatic carbocycles. The number of phenols is 2. The first-order valence-corrected chi connectivity index (χ1v) is 8.21. The fourth-order valence-corrected chi connectivity index (χ4v) is 3.04. The number of aliphatic hydroxyl groups excluding tert-OH is 1. The zero-order valence-electron chi connectivity index (χ0n) is 14.3. The molecular formula is C18H15F3N2O5. The Morgan fingerprint density at radius 1 is 0.750 bits per heavy atom. The lowest BCUT2D eigenvalue weighted by atomic mass is 9.81. The van der Waals surface area contributed by atoms with Crippen molar-refractivity contribution in [2.75, 3.05) is 31.6 Å². The molecule has 7 nitrogen and oxygen atoms in total. The van der Waals surface area contributed by atoms with Gasteiger partial charge in [0.25, 0.3) is 0 Å². The van der Waals surface area contributed by atoms with Gasteiger partial charge in [-0.3, -0.25) is 9.59 Å². The van der Waals surface area contributed by atoms with Crippen LogP contribution in [0.25, 0.3) is 0 Å². The molecule has 5 N–H and O–H groups in total. The Morgan fingerprint density at radius 3 is 1.89 bits per heavy atom. The van der Waals surface area contributed by atoms with E-state index in [0.717, 1.165) is 12.1 Å². The maximum atomic E-state index is 14.4. The molecule has 1 aliphatic rings. The summed E-state index contributed by atoms with van der Waals surface area (Å²) < 4.78 is 42.8. The number of halogens is 3. The summed E-state index contributed by atoms with van der Waals surface area (Å²) in [5, 5.41) is 33.7. The van der Waals surface area contributed by atoms with Crippen LogP contribution in [0.15, 0.2) is 12.1 Å². The van der Waals surface area contributed by atoms with Gasteiger partial charge in [-0.15, -0.1) is 0 Å². The van der Waals surface area contributed by atoms with Crippen molar-refractivity contribution < 1.29 is 38.1 Å². The van der Waals surface area contributed by atoms with Gasteiger partial charge in [0, 0.05) is 19.6 Å². The molecule has 0 atom stereocenters. The molecule has 2 aromatic carbocycles. The van der Waals surface area contributed by atoms with Gasteiger partial charge in [-0.05, 0) is 12.1 Å². The second-order valence-electron chi connectivity index (χ2n) is 5.98. The fourth-order valence-electron chi connectivity index (χ4n) is 3.04. The number of carbonyl (C=O) groups is 2.